The van der Waals surface area contributed by atoms with E-state index in [1.54, 1.807) is 34.5 Å². The molecule has 5 aromatic rings. The second-order valence-corrected chi connectivity index (χ2v) is 7.99. The van der Waals surface area contributed by atoms with Crippen molar-refractivity contribution in [3.8, 4) is 5.69 Å². The number of alkyl halides is 3. The van der Waals surface area contributed by atoms with Crippen LogP contribution >= 0.6 is 0 Å². The number of rotatable bonds is 6. The van der Waals surface area contributed by atoms with Crippen molar-refractivity contribution in [2.24, 2.45) is 7.05 Å². The van der Waals surface area contributed by atoms with Crippen LogP contribution in [0.4, 0.5) is 13.2 Å². The normalized spacial score (nSPS) is 12.0. The van der Waals surface area contributed by atoms with Crippen molar-refractivity contribution in [3.05, 3.63) is 77.6 Å². The Balaban J connectivity index is 1.50. The number of carbonyl (C=O) groups excluding carboxylic acids is 1. The van der Waals surface area contributed by atoms with Crippen LogP contribution in [-0.4, -0.2) is 32.3 Å². The summed E-state index contributed by atoms with van der Waals surface area (Å²) in [6, 6.07) is 10.1. The quantitative estimate of drug-likeness (QED) is 0.382. The summed E-state index contributed by atoms with van der Waals surface area (Å²) in [4.78, 5) is 17.0. The van der Waals surface area contributed by atoms with Gasteiger partial charge in [0.2, 0.25) is 0 Å². The zero-order valence-corrected chi connectivity index (χ0v) is 18.8. The maximum Gasteiger partial charge on any atom is 0.416 e. The Hall–Kier alpha value is -4.12. The first-order valence-electron chi connectivity index (χ1n) is 10.6. The van der Waals surface area contributed by atoms with Crippen LogP contribution < -0.4 is 5.32 Å². The molecule has 2 aromatic carbocycles. The van der Waals surface area contributed by atoms with Gasteiger partial charge in [0.25, 0.3) is 5.91 Å². The number of methoxy groups -OCH3 is 1. The standard InChI is InChI=1S/C24H20F3N5O3/c1-31-11-18-17-9-14(23(33)28-10-19-21(12-34-2)35-13-29-19)3-8-20(17)32(22(18)30-31)16-6-4-15(5-7-16)24(25,26)27/h3-9,11,13H,10,12H2,1-2H3,(H,28,33). The molecule has 5 rings (SSSR count). The van der Waals surface area contributed by atoms with Crippen LogP contribution in [0.3, 0.4) is 0 Å². The molecule has 35 heavy (non-hydrogen) atoms. The number of carbonyl (C=O) groups is 1. The van der Waals surface area contributed by atoms with E-state index in [9.17, 15) is 18.0 Å². The number of aromatic nitrogens is 4. The molecule has 0 atom stereocenters. The smallest absolute Gasteiger partial charge is 0.416 e. The van der Waals surface area contributed by atoms with Gasteiger partial charge in [-0.15, -0.1) is 0 Å². The fourth-order valence-electron chi connectivity index (χ4n) is 4.05. The minimum atomic E-state index is -4.42. The second-order valence-electron chi connectivity index (χ2n) is 7.99. The number of benzene rings is 2. The predicted octanol–water partition coefficient (Wildman–Crippen LogP) is 4.60. The van der Waals surface area contributed by atoms with E-state index in [4.69, 9.17) is 9.15 Å². The molecule has 0 saturated heterocycles. The van der Waals surface area contributed by atoms with E-state index in [0.717, 1.165) is 28.4 Å². The van der Waals surface area contributed by atoms with Crippen LogP contribution in [0.15, 0.2) is 59.5 Å². The van der Waals surface area contributed by atoms with Crippen LogP contribution in [0.1, 0.15) is 27.4 Å². The van der Waals surface area contributed by atoms with Gasteiger partial charge in [0.1, 0.15) is 12.3 Å². The first kappa shape index (κ1) is 22.7. The maximum atomic E-state index is 13.0. The van der Waals surface area contributed by atoms with Crippen LogP contribution in [0.2, 0.25) is 0 Å². The number of hydrogen-bond donors (Lipinski definition) is 1. The molecule has 0 spiro atoms. The van der Waals surface area contributed by atoms with E-state index in [2.05, 4.69) is 15.4 Å². The van der Waals surface area contributed by atoms with Crippen LogP contribution in [0.25, 0.3) is 27.6 Å². The van der Waals surface area contributed by atoms with Crippen molar-refractivity contribution in [2.75, 3.05) is 7.11 Å². The van der Waals surface area contributed by atoms with Gasteiger partial charge in [0, 0.05) is 42.4 Å². The van der Waals surface area contributed by atoms with Crippen LogP contribution in [0.5, 0.6) is 0 Å². The molecule has 0 radical (unpaired) electrons. The van der Waals surface area contributed by atoms with Gasteiger partial charge in [-0.05, 0) is 42.5 Å². The third-order valence-electron chi connectivity index (χ3n) is 5.68. The number of oxazole rings is 1. The lowest BCUT2D eigenvalue weighted by Gasteiger charge is -2.10. The molecule has 0 aliphatic rings. The summed E-state index contributed by atoms with van der Waals surface area (Å²) in [6.45, 7) is 0.411. The molecule has 0 bridgehead atoms. The van der Waals surface area contributed by atoms with Crippen molar-refractivity contribution in [1.82, 2.24) is 24.6 Å². The summed E-state index contributed by atoms with van der Waals surface area (Å²) in [5.41, 5.74) is 2.10. The zero-order valence-electron chi connectivity index (χ0n) is 18.8. The Bertz CT molecular complexity index is 1530. The van der Waals surface area contributed by atoms with Gasteiger partial charge >= 0.3 is 6.18 Å². The van der Waals surface area contributed by atoms with Crippen LogP contribution in [-0.2, 0) is 31.1 Å². The number of nitrogens with one attached hydrogen (secondary N) is 1. The van der Waals surface area contributed by atoms with Crippen molar-refractivity contribution < 1.29 is 27.1 Å². The summed E-state index contributed by atoms with van der Waals surface area (Å²) < 4.78 is 52.8. The number of amides is 1. The Morgan fingerprint density at radius 3 is 2.63 bits per heavy atom. The zero-order chi connectivity index (χ0) is 24.7. The van der Waals surface area contributed by atoms with Crippen molar-refractivity contribution in [1.29, 1.82) is 0 Å². The average molecular weight is 483 g/mol. The fourth-order valence-corrected chi connectivity index (χ4v) is 4.05. The van der Waals surface area contributed by atoms with E-state index in [1.807, 2.05) is 6.20 Å². The molecule has 8 nitrogen and oxygen atoms in total. The lowest BCUT2D eigenvalue weighted by Crippen LogP contribution is -2.23. The topological polar surface area (TPSA) is 87.1 Å². The molecule has 3 heterocycles. The number of hydrogen-bond acceptors (Lipinski definition) is 5. The van der Waals surface area contributed by atoms with Gasteiger partial charge in [-0.3, -0.25) is 14.0 Å². The predicted molar refractivity (Wildman–Crippen MR) is 121 cm³/mol. The number of halogens is 3. The molecule has 180 valence electrons. The Morgan fingerprint density at radius 2 is 1.91 bits per heavy atom. The summed E-state index contributed by atoms with van der Waals surface area (Å²) in [6.07, 6.45) is -1.31. The van der Waals surface area contributed by atoms with E-state index in [-0.39, 0.29) is 19.1 Å². The molecule has 0 saturated carbocycles. The van der Waals surface area contributed by atoms with Gasteiger partial charge < -0.3 is 14.5 Å². The van der Waals surface area contributed by atoms with Gasteiger partial charge in [-0.1, -0.05) is 0 Å². The SMILES string of the molecule is COCc1ocnc1CNC(=O)c1ccc2c(c1)c1cn(C)nc1n2-c1ccc(C(F)(F)F)cc1. The highest BCUT2D eigenvalue weighted by molar-refractivity contribution is 6.10. The number of fused-ring (bicyclic) bond motifs is 3. The minimum Gasteiger partial charge on any atom is -0.446 e. The third kappa shape index (κ3) is 4.14. The summed E-state index contributed by atoms with van der Waals surface area (Å²) >= 11 is 0. The maximum absolute atomic E-state index is 13.0. The molecule has 0 unspecified atom stereocenters. The first-order chi connectivity index (χ1) is 16.8. The van der Waals surface area contributed by atoms with E-state index < -0.39 is 11.7 Å². The molecular weight excluding hydrogens is 463 g/mol. The molecule has 1 N–H and O–H groups in total. The monoisotopic (exact) mass is 483 g/mol. The van der Waals surface area contributed by atoms with Gasteiger partial charge in [0.05, 0.1) is 17.6 Å². The van der Waals surface area contributed by atoms with Crippen LogP contribution in [0, 0.1) is 0 Å². The Kier molecular flexibility index (Phi) is 5.56. The summed E-state index contributed by atoms with van der Waals surface area (Å²) in [5.74, 6) is 0.228. The fraction of sp³-hybridized carbons (Fsp3) is 0.208. The minimum absolute atomic E-state index is 0.168. The number of aryl methyl sites for hydroxylation is 1. The number of ether oxygens (including phenoxy) is 1. The highest BCUT2D eigenvalue weighted by Gasteiger charge is 2.30. The Labute approximate surface area is 196 Å². The first-order valence-corrected chi connectivity index (χ1v) is 10.6. The third-order valence-corrected chi connectivity index (χ3v) is 5.68. The second kappa shape index (κ2) is 8.58. The van der Waals surface area contributed by atoms with Gasteiger partial charge in [-0.2, -0.15) is 18.3 Å². The molecule has 1 amide bonds. The van der Waals surface area contributed by atoms with E-state index in [0.29, 0.717) is 28.4 Å². The number of nitrogens with zero attached hydrogens (tertiary/aromatic N) is 4. The van der Waals surface area contributed by atoms with Crippen molar-refractivity contribution in [3.63, 3.8) is 0 Å². The lowest BCUT2D eigenvalue weighted by molar-refractivity contribution is -0.137. The Morgan fingerprint density at radius 1 is 1.14 bits per heavy atom. The lowest BCUT2D eigenvalue weighted by atomic mass is 10.1. The molecular formula is C24H20F3N5O3. The molecule has 0 aliphatic heterocycles. The van der Waals surface area contributed by atoms with Gasteiger partial charge in [-0.25, -0.2) is 4.98 Å². The average Bonchev–Trinajstić information content (AvgIpc) is 3.50. The molecule has 11 heteroatoms. The van der Waals surface area contributed by atoms with Gasteiger partial charge in [0.15, 0.2) is 17.8 Å². The molecule has 3 aromatic heterocycles. The molecule has 0 fully saturated rings. The largest absolute Gasteiger partial charge is 0.446 e. The van der Waals surface area contributed by atoms with Crippen molar-refractivity contribution in [2.45, 2.75) is 19.3 Å². The van der Waals surface area contributed by atoms with E-state index in [1.165, 1.54) is 25.6 Å². The summed E-state index contributed by atoms with van der Waals surface area (Å²) in [7, 11) is 3.30. The van der Waals surface area contributed by atoms with Crippen molar-refractivity contribution >= 4 is 27.8 Å². The highest BCUT2D eigenvalue weighted by Crippen LogP contribution is 2.34. The highest BCUT2D eigenvalue weighted by atomic mass is 19.4. The molecule has 0 aliphatic carbocycles. The van der Waals surface area contributed by atoms with E-state index >= 15 is 0 Å². The summed E-state index contributed by atoms with van der Waals surface area (Å²) in [5, 5.41) is 8.85.